The average Bonchev–Trinajstić information content (AvgIpc) is 3.13. The first-order chi connectivity index (χ1) is 10.6. The standard InChI is InChI=1S/C14H9ClN2O3S2/c1-20-13(19)10-6-5-9(21-10)12(18)17-14-16-11-7(15)3-2-4-8(11)22-14/h2-6H,1H3,(H,16,17,18). The summed E-state index contributed by atoms with van der Waals surface area (Å²) in [5.41, 5.74) is 0.658. The Morgan fingerprint density at radius 3 is 2.68 bits per heavy atom. The molecule has 22 heavy (non-hydrogen) atoms. The third kappa shape index (κ3) is 2.83. The summed E-state index contributed by atoms with van der Waals surface area (Å²) >= 11 is 8.46. The topological polar surface area (TPSA) is 68.3 Å². The molecule has 3 rings (SSSR count). The number of nitrogens with zero attached hydrogens (tertiary/aromatic N) is 1. The van der Waals surface area contributed by atoms with Gasteiger partial charge in [0.1, 0.15) is 10.4 Å². The van der Waals surface area contributed by atoms with Gasteiger partial charge < -0.3 is 4.74 Å². The number of ether oxygens (including phenoxy) is 1. The molecule has 1 N–H and O–H groups in total. The molecule has 0 spiro atoms. The number of esters is 1. The number of thiophene rings is 1. The van der Waals surface area contributed by atoms with Crippen molar-refractivity contribution in [1.82, 2.24) is 4.98 Å². The van der Waals surface area contributed by atoms with E-state index in [1.54, 1.807) is 18.2 Å². The molecule has 2 aromatic heterocycles. The lowest BCUT2D eigenvalue weighted by atomic mass is 10.3. The molecular formula is C14H9ClN2O3S2. The van der Waals surface area contributed by atoms with Crippen molar-refractivity contribution in [1.29, 1.82) is 0 Å². The molecule has 0 bridgehead atoms. The summed E-state index contributed by atoms with van der Waals surface area (Å²) in [5.74, 6) is -0.786. The van der Waals surface area contributed by atoms with E-state index in [0.29, 0.717) is 25.4 Å². The van der Waals surface area contributed by atoms with Gasteiger partial charge >= 0.3 is 5.97 Å². The second-order valence-electron chi connectivity index (χ2n) is 4.22. The predicted octanol–water partition coefficient (Wildman–Crippen LogP) is 4.05. The van der Waals surface area contributed by atoms with Crippen molar-refractivity contribution in [3.63, 3.8) is 0 Å². The van der Waals surface area contributed by atoms with E-state index in [-0.39, 0.29) is 5.91 Å². The van der Waals surface area contributed by atoms with Crippen LogP contribution in [-0.2, 0) is 4.74 Å². The van der Waals surface area contributed by atoms with Crippen LogP contribution in [0.15, 0.2) is 30.3 Å². The first kappa shape index (κ1) is 15.0. The number of anilines is 1. The minimum Gasteiger partial charge on any atom is -0.465 e. The zero-order valence-corrected chi connectivity index (χ0v) is 13.6. The van der Waals surface area contributed by atoms with Gasteiger partial charge in [-0.05, 0) is 24.3 Å². The van der Waals surface area contributed by atoms with Gasteiger partial charge in [0.15, 0.2) is 5.13 Å². The normalized spacial score (nSPS) is 10.6. The van der Waals surface area contributed by atoms with Crippen molar-refractivity contribution in [2.45, 2.75) is 0 Å². The van der Waals surface area contributed by atoms with E-state index in [4.69, 9.17) is 11.6 Å². The molecule has 112 valence electrons. The number of rotatable bonds is 3. The number of benzene rings is 1. The number of halogens is 1. The highest BCUT2D eigenvalue weighted by molar-refractivity contribution is 7.22. The summed E-state index contributed by atoms with van der Waals surface area (Å²) in [5, 5.41) is 3.71. The second-order valence-corrected chi connectivity index (χ2v) is 6.74. The molecule has 0 fully saturated rings. The molecule has 0 unspecified atom stereocenters. The van der Waals surface area contributed by atoms with Crippen LogP contribution in [0.3, 0.4) is 0 Å². The van der Waals surface area contributed by atoms with Crippen LogP contribution in [-0.4, -0.2) is 24.0 Å². The Balaban J connectivity index is 1.82. The van der Waals surface area contributed by atoms with Gasteiger partial charge in [0, 0.05) is 0 Å². The number of methoxy groups -OCH3 is 1. The van der Waals surface area contributed by atoms with Crippen LogP contribution < -0.4 is 5.32 Å². The maximum atomic E-state index is 12.2. The quantitative estimate of drug-likeness (QED) is 0.722. The van der Waals surface area contributed by atoms with Crippen LogP contribution in [0.1, 0.15) is 19.3 Å². The summed E-state index contributed by atoms with van der Waals surface area (Å²) in [6.07, 6.45) is 0. The summed E-state index contributed by atoms with van der Waals surface area (Å²) < 4.78 is 5.51. The Kier molecular flexibility index (Phi) is 4.10. The maximum Gasteiger partial charge on any atom is 0.348 e. The Hall–Kier alpha value is -1.96. The van der Waals surface area contributed by atoms with E-state index in [0.717, 1.165) is 16.0 Å². The highest BCUT2D eigenvalue weighted by Crippen LogP contribution is 2.31. The first-order valence-corrected chi connectivity index (χ1v) is 8.14. The monoisotopic (exact) mass is 352 g/mol. The van der Waals surface area contributed by atoms with Crippen LogP contribution in [0.5, 0.6) is 0 Å². The molecule has 0 aliphatic carbocycles. The van der Waals surface area contributed by atoms with Gasteiger partial charge in [-0.2, -0.15) is 0 Å². The molecule has 8 heteroatoms. The SMILES string of the molecule is COC(=O)c1ccc(C(=O)Nc2nc3c(Cl)cccc3s2)s1. The number of amides is 1. The minimum atomic E-state index is -0.462. The molecule has 0 radical (unpaired) electrons. The smallest absolute Gasteiger partial charge is 0.348 e. The molecule has 0 saturated carbocycles. The minimum absolute atomic E-state index is 0.324. The van der Waals surface area contributed by atoms with Crippen molar-refractivity contribution in [2.75, 3.05) is 12.4 Å². The zero-order valence-electron chi connectivity index (χ0n) is 11.3. The maximum absolute atomic E-state index is 12.2. The Labute approximate surface area is 138 Å². The number of hydrogen-bond donors (Lipinski definition) is 1. The number of nitrogens with one attached hydrogen (secondary N) is 1. The molecule has 3 aromatic rings. The van der Waals surface area contributed by atoms with Gasteiger partial charge in [-0.15, -0.1) is 11.3 Å². The van der Waals surface area contributed by atoms with Crippen molar-refractivity contribution in [2.24, 2.45) is 0 Å². The van der Waals surface area contributed by atoms with Crippen LogP contribution in [0.4, 0.5) is 5.13 Å². The zero-order chi connectivity index (χ0) is 15.7. The van der Waals surface area contributed by atoms with E-state index in [1.807, 2.05) is 12.1 Å². The van der Waals surface area contributed by atoms with E-state index < -0.39 is 5.97 Å². The number of hydrogen-bond acceptors (Lipinski definition) is 6. The van der Waals surface area contributed by atoms with Crippen LogP contribution in [0.2, 0.25) is 5.02 Å². The number of para-hydroxylation sites is 1. The molecule has 1 amide bonds. The predicted molar refractivity (Wildman–Crippen MR) is 88.2 cm³/mol. The van der Waals surface area contributed by atoms with Crippen LogP contribution >= 0.6 is 34.3 Å². The van der Waals surface area contributed by atoms with Gasteiger partial charge in [-0.25, -0.2) is 9.78 Å². The van der Waals surface area contributed by atoms with Gasteiger partial charge in [0.05, 0.1) is 21.7 Å². The lowest BCUT2D eigenvalue weighted by Gasteiger charge is -1.97. The van der Waals surface area contributed by atoms with Crippen molar-refractivity contribution >= 4 is 61.5 Å². The highest BCUT2D eigenvalue weighted by atomic mass is 35.5. The summed E-state index contributed by atoms with van der Waals surface area (Å²) in [6, 6.07) is 8.59. The molecule has 5 nitrogen and oxygen atoms in total. The second kappa shape index (κ2) is 6.04. The highest BCUT2D eigenvalue weighted by Gasteiger charge is 2.16. The first-order valence-electron chi connectivity index (χ1n) is 6.13. The summed E-state index contributed by atoms with van der Waals surface area (Å²) in [7, 11) is 1.30. The van der Waals surface area contributed by atoms with Gasteiger partial charge in [0.25, 0.3) is 5.91 Å². The largest absolute Gasteiger partial charge is 0.465 e. The lowest BCUT2D eigenvalue weighted by Crippen LogP contribution is -2.09. The third-order valence-electron chi connectivity index (χ3n) is 2.81. The molecule has 0 saturated heterocycles. The molecule has 0 atom stereocenters. The van der Waals surface area contributed by atoms with E-state index in [9.17, 15) is 9.59 Å². The lowest BCUT2D eigenvalue weighted by molar-refractivity contribution is 0.0606. The molecule has 0 aliphatic heterocycles. The Morgan fingerprint density at radius 2 is 1.95 bits per heavy atom. The molecule has 0 aliphatic rings. The summed E-state index contributed by atoms with van der Waals surface area (Å²) in [6.45, 7) is 0. The number of fused-ring (bicyclic) bond motifs is 1. The number of carbonyl (C=O) groups is 2. The van der Waals surface area contributed by atoms with E-state index in [2.05, 4.69) is 15.0 Å². The van der Waals surface area contributed by atoms with Gasteiger partial charge in [-0.1, -0.05) is 29.0 Å². The van der Waals surface area contributed by atoms with E-state index >= 15 is 0 Å². The molecular weight excluding hydrogens is 344 g/mol. The van der Waals surface area contributed by atoms with Crippen LogP contribution in [0, 0.1) is 0 Å². The summed E-state index contributed by atoms with van der Waals surface area (Å²) in [4.78, 5) is 28.7. The molecule has 1 aromatic carbocycles. The van der Waals surface area contributed by atoms with Gasteiger partial charge in [-0.3, -0.25) is 10.1 Å². The van der Waals surface area contributed by atoms with Crippen molar-refractivity contribution in [3.8, 4) is 0 Å². The van der Waals surface area contributed by atoms with Crippen molar-refractivity contribution in [3.05, 3.63) is 45.1 Å². The number of thiazole rings is 1. The van der Waals surface area contributed by atoms with Crippen LogP contribution in [0.25, 0.3) is 10.2 Å². The molecule has 2 heterocycles. The van der Waals surface area contributed by atoms with E-state index in [1.165, 1.54) is 18.4 Å². The average molecular weight is 353 g/mol. The Bertz CT molecular complexity index is 872. The Morgan fingerprint density at radius 1 is 1.18 bits per heavy atom. The fourth-order valence-corrected chi connectivity index (χ4v) is 3.78. The van der Waals surface area contributed by atoms with Gasteiger partial charge in [0.2, 0.25) is 0 Å². The third-order valence-corrected chi connectivity index (χ3v) is 5.11. The fourth-order valence-electron chi connectivity index (χ4n) is 1.80. The van der Waals surface area contributed by atoms with Crippen molar-refractivity contribution < 1.29 is 14.3 Å². The fraction of sp³-hybridized carbons (Fsp3) is 0.0714. The number of carbonyl (C=O) groups excluding carboxylic acids is 2. The number of aromatic nitrogens is 1.